The number of ether oxygens (including phenoxy) is 1. The van der Waals surface area contributed by atoms with Crippen LogP contribution in [0.4, 0.5) is 0 Å². The van der Waals surface area contributed by atoms with E-state index >= 15 is 0 Å². The van der Waals surface area contributed by atoms with E-state index in [2.05, 4.69) is 20.8 Å². The molecule has 0 unspecified atom stereocenters. The summed E-state index contributed by atoms with van der Waals surface area (Å²) < 4.78 is 6.01. The molecule has 24 heavy (non-hydrogen) atoms. The molecule has 2 fully saturated rings. The molecule has 0 aromatic rings. The lowest BCUT2D eigenvalue weighted by Crippen LogP contribution is -2.57. The molecule has 2 aliphatic rings. The van der Waals surface area contributed by atoms with Gasteiger partial charge in [0.05, 0.1) is 6.61 Å². The molecule has 1 spiro atoms. The lowest BCUT2D eigenvalue weighted by atomic mass is 9.70. The van der Waals surface area contributed by atoms with Crippen molar-refractivity contribution in [2.24, 2.45) is 17.3 Å². The van der Waals surface area contributed by atoms with Crippen LogP contribution in [0.15, 0.2) is 0 Å². The molecule has 0 bridgehead atoms. The summed E-state index contributed by atoms with van der Waals surface area (Å²) in [5.41, 5.74) is -0.471. The third-order valence-corrected chi connectivity index (χ3v) is 6.11. The van der Waals surface area contributed by atoms with Crippen LogP contribution < -0.4 is 0 Å². The van der Waals surface area contributed by atoms with E-state index in [1.165, 1.54) is 0 Å². The first-order valence-corrected chi connectivity index (χ1v) is 9.36. The fourth-order valence-corrected chi connectivity index (χ4v) is 4.35. The number of hydrogen-bond acceptors (Lipinski definition) is 3. The Labute approximate surface area is 145 Å². The smallest absolute Gasteiger partial charge is 0.328 e. The van der Waals surface area contributed by atoms with Crippen molar-refractivity contribution in [2.75, 3.05) is 6.61 Å². The molecule has 1 aliphatic heterocycles. The highest BCUT2D eigenvalue weighted by molar-refractivity contribution is 5.86. The molecule has 1 saturated carbocycles. The highest BCUT2D eigenvalue weighted by atomic mass is 16.5. The summed E-state index contributed by atoms with van der Waals surface area (Å²) in [6.45, 7) is 10.8. The predicted octanol–water partition coefficient (Wildman–Crippen LogP) is 3.67. The Bertz CT molecular complexity index is 470. The number of hydrogen-bond donors (Lipinski definition) is 1. The second-order valence-corrected chi connectivity index (χ2v) is 8.47. The number of aliphatic carboxylic acids is 1. The minimum Gasteiger partial charge on any atom is -0.480 e. The van der Waals surface area contributed by atoms with E-state index < -0.39 is 17.7 Å². The van der Waals surface area contributed by atoms with Crippen LogP contribution in [-0.2, 0) is 14.3 Å². The fourth-order valence-electron chi connectivity index (χ4n) is 4.35. The molecule has 0 aromatic carbocycles. The number of carboxylic acids is 1. The molecule has 1 atom stereocenters. The van der Waals surface area contributed by atoms with Crippen LogP contribution in [0.25, 0.3) is 0 Å². The maximum absolute atomic E-state index is 13.1. The molecule has 1 N–H and O–H groups in total. The van der Waals surface area contributed by atoms with E-state index in [-0.39, 0.29) is 23.8 Å². The maximum atomic E-state index is 13.1. The van der Waals surface area contributed by atoms with Gasteiger partial charge >= 0.3 is 5.97 Å². The van der Waals surface area contributed by atoms with Crippen molar-refractivity contribution in [1.82, 2.24) is 4.90 Å². The molecule has 5 nitrogen and oxygen atoms in total. The average Bonchev–Trinajstić information content (AvgIpc) is 2.87. The van der Waals surface area contributed by atoms with Crippen molar-refractivity contribution in [3.63, 3.8) is 0 Å². The number of amides is 1. The van der Waals surface area contributed by atoms with Crippen LogP contribution >= 0.6 is 0 Å². The first-order chi connectivity index (χ1) is 11.2. The molecule has 1 saturated heterocycles. The molecule has 5 heteroatoms. The molecule has 1 heterocycles. The number of nitrogens with zero attached hydrogens (tertiary/aromatic N) is 1. The summed E-state index contributed by atoms with van der Waals surface area (Å²) in [5.74, 6) is -0.533. The molecular formula is C19H33NO4. The summed E-state index contributed by atoms with van der Waals surface area (Å²) in [6, 6.07) is -0.843. The van der Waals surface area contributed by atoms with Crippen molar-refractivity contribution in [1.29, 1.82) is 0 Å². The Balaban J connectivity index is 2.25. The van der Waals surface area contributed by atoms with Gasteiger partial charge in [-0.15, -0.1) is 0 Å². The Morgan fingerprint density at radius 2 is 1.75 bits per heavy atom. The van der Waals surface area contributed by atoms with Crippen molar-refractivity contribution >= 4 is 11.9 Å². The van der Waals surface area contributed by atoms with Crippen LogP contribution in [-0.4, -0.2) is 40.3 Å². The van der Waals surface area contributed by atoms with Crippen molar-refractivity contribution in [2.45, 2.75) is 84.9 Å². The van der Waals surface area contributed by atoms with Crippen LogP contribution in [0.2, 0.25) is 0 Å². The number of carboxylic acid groups (broad SMARTS) is 1. The summed E-state index contributed by atoms with van der Waals surface area (Å²) in [4.78, 5) is 26.4. The van der Waals surface area contributed by atoms with E-state index in [0.29, 0.717) is 5.92 Å². The van der Waals surface area contributed by atoms with Crippen molar-refractivity contribution < 1.29 is 19.4 Å². The van der Waals surface area contributed by atoms with Gasteiger partial charge < -0.3 is 9.84 Å². The highest BCUT2D eigenvalue weighted by Crippen LogP contribution is 2.47. The Kier molecular flexibility index (Phi) is 5.63. The Morgan fingerprint density at radius 1 is 1.21 bits per heavy atom. The van der Waals surface area contributed by atoms with Crippen molar-refractivity contribution in [3.05, 3.63) is 0 Å². The summed E-state index contributed by atoms with van der Waals surface area (Å²) in [5, 5.41) is 9.58. The SMILES string of the molecule is CCC(CC)C(=O)N1[C@H](C(=O)O)COC12CCC(C(C)(C)C)CC2. The minimum absolute atomic E-state index is 0.0425. The van der Waals surface area contributed by atoms with Gasteiger partial charge in [-0.25, -0.2) is 4.79 Å². The first-order valence-electron chi connectivity index (χ1n) is 9.36. The maximum Gasteiger partial charge on any atom is 0.328 e. The van der Waals surface area contributed by atoms with Gasteiger partial charge in [0.2, 0.25) is 5.91 Å². The van der Waals surface area contributed by atoms with Crippen LogP contribution in [0, 0.1) is 17.3 Å². The molecule has 0 aromatic heterocycles. The predicted molar refractivity (Wildman–Crippen MR) is 92.4 cm³/mol. The molecule has 1 amide bonds. The van der Waals surface area contributed by atoms with Gasteiger partial charge in [0.15, 0.2) is 6.04 Å². The third kappa shape index (κ3) is 3.46. The zero-order valence-corrected chi connectivity index (χ0v) is 15.8. The van der Waals surface area contributed by atoms with Crippen LogP contribution in [0.5, 0.6) is 0 Å². The summed E-state index contributed by atoms with van der Waals surface area (Å²) in [7, 11) is 0. The normalized spacial score (nSPS) is 31.0. The lowest BCUT2D eigenvalue weighted by Gasteiger charge is -2.46. The van der Waals surface area contributed by atoms with Crippen molar-refractivity contribution in [3.8, 4) is 0 Å². The molecule has 0 radical (unpaired) electrons. The molecule has 1 aliphatic carbocycles. The topological polar surface area (TPSA) is 66.8 Å². The first kappa shape index (κ1) is 19.2. The van der Waals surface area contributed by atoms with Gasteiger partial charge in [-0.1, -0.05) is 34.6 Å². The number of carbonyl (C=O) groups excluding carboxylic acids is 1. The second kappa shape index (κ2) is 7.03. The van der Waals surface area contributed by atoms with E-state index in [9.17, 15) is 14.7 Å². The van der Waals surface area contributed by atoms with Crippen LogP contribution in [0.1, 0.15) is 73.1 Å². The summed E-state index contributed by atoms with van der Waals surface area (Å²) >= 11 is 0. The summed E-state index contributed by atoms with van der Waals surface area (Å²) in [6.07, 6.45) is 4.90. The van der Waals surface area contributed by atoms with E-state index in [4.69, 9.17) is 4.74 Å². The number of carbonyl (C=O) groups is 2. The van der Waals surface area contributed by atoms with E-state index in [1.807, 2.05) is 13.8 Å². The molecule has 138 valence electrons. The Morgan fingerprint density at radius 3 is 2.17 bits per heavy atom. The monoisotopic (exact) mass is 339 g/mol. The Hall–Kier alpha value is -1.10. The van der Waals surface area contributed by atoms with Gasteiger partial charge in [-0.2, -0.15) is 0 Å². The van der Waals surface area contributed by atoms with Gasteiger partial charge in [0.25, 0.3) is 0 Å². The quantitative estimate of drug-likeness (QED) is 0.848. The fraction of sp³-hybridized carbons (Fsp3) is 0.895. The zero-order chi connectivity index (χ0) is 18.1. The standard InChI is InChI=1S/C19H33NO4/c1-6-13(7-2)16(21)20-15(17(22)23)12-24-19(20)10-8-14(9-11-19)18(3,4)5/h13-15H,6-12H2,1-5H3,(H,22,23)/t14?,15-,19?/m0/s1. The minimum atomic E-state index is -0.955. The lowest BCUT2D eigenvalue weighted by molar-refractivity contribution is -0.170. The molecular weight excluding hydrogens is 306 g/mol. The molecule has 2 rings (SSSR count). The average molecular weight is 339 g/mol. The number of rotatable bonds is 4. The third-order valence-electron chi connectivity index (χ3n) is 6.11. The van der Waals surface area contributed by atoms with E-state index in [1.54, 1.807) is 4.90 Å². The second-order valence-electron chi connectivity index (χ2n) is 8.47. The van der Waals surface area contributed by atoms with Crippen LogP contribution in [0.3, 0.4) is 0 Å². The van der Waals surface area contributed by atoms with E-state index in [0.717, 1.165) is 38.5 Å². The van der Waals surface area contributed by atoms with Gasteiger partial charge in [-0.05, 0) is 49.9 Å². The highest BCUT2D eigenvalue weighted by Gasteiger charge is 2.55. The van der Waals surface area contributed by atoms with Gasteiger partial charge in [0, 0.05) is 5.92 Å². The van der Waals surface area contributed by atoms with Gasteiger partial charge in [0.1, 0.15) is 5.72 Å². The largest absolute Gasteiger partial charge is 0.480 e. The van der Waals surface area contributed by atoms with Gasteiger partial charge in [-0.3, -0.25) is 9.69 Å². The zero-order valence-electron chi connectivity index (χ0n) is 15.8.